The van der Waals surface area contributed by atoms with Gasteiger partial charge in [0, 0.05) is 39.1 Å². The lowest BCUT2D eigenvalue weighted by Crippen LogP contribution is -2.12. The smallest absolute Gasteiger partial charge is 0.252 e. The van der Waals surface area contributed by atoms with Crippen molar-refractivity contribution in [2.45, 2.75) is 52.5 Å². The van der Waals surface area contributed by atoms with Crippen LogP contribution >= 0.6 is 0 Å². The fourth-order valence-electron chi connectivity index (χ4n) is 6.21. The molecule has 0 saturated heterocycles. The summed E-state index contributed by atoms with van der Waals surface area (Å²) in [6, 6.07) is 16.4. The average molecular weight is 438 g/mol. The number of aromatic nitrogens is 2. The maximum absolute atomic E-state index is 12.6. The number of carbonyl (C=O) groups excluding carboxylic acids is 1. The van der Waals surface area contributed by atoms with E-state index in [9.17, 15) is 4.79 Å². The van der Waals surface area contributed by atoms with Gasteiger partial charge in [0.1, 0.15) is 0 Å². The molecule has 0 radical (unpaired) electrons. The van der Waals surface area contributed by atoms with Gasteiger partial charge in [-0.1, -0.05) is 82.3 Å². The van der Waals surface area contributed by atoms with Crippen molar-refractivity contribution in [2.24, 2.45) is 11.8 Å². The van der Waals surface area contributed by atoms with E-state index < -0.39 is 0 Å². The zero-order valence-electron chi connectivity index (χ0n) is 19.4. The fourth-order valence-corrected chi connectivity index (χ4v) is 6.21. The molecule has 7 rings (SSSR count). The van der Waals surface area contributed by atoms with Crippen molar-refractivity contribution in [3.63, 3.8) is 0 Å². The minimum Gasteiger partial charge on any atom is -0.353 e. The average Bonchev–Trinajstić information content (AvgIpc) is 3.59. The van der Waals surface area contributed by atoms with Crippen molar-refractivity contribution >= 4 is 49.5 Å². The van der Waals surface area contributed by atoms with Gasteiger partial charge in [-0.25, -0.2) is 0 Å². The lowest BCUT2D eigenvalue weighted by molar-refractivity contribution is 0.0967. The Bertz CT molecular complexity index is 1510. The molecule has 3 N–H and O–H groups in total. The maximum Gasteiger partial charge on any atom is 0.252 e. The molecule has 2 atom stereocenters. The zero-order valence-corrected chi connectivity index (χ0v) is 19.4. The van der Waals surface area contributed by atoms with E-state index in [2.05, 4.69) is 53.4 Å². The van der Waals surface area contributed by atoms with Crippen LogP contribution < -0.4 is 5.32 Å². The van der Waals surface area contributed by atoms with Crippen LogP contribution in [0.1, 0.15) is 61.9 Å². The van der Waals surface area contributed by atoms with Crippen LogP contribution in [0.25, 0.3) is 43.6 Å². The number of amides is 1. The summed E-state index contributed by atoms with van der Waals surface area (Å²) < 4.78 is 0. The van der Waals surface area contributed by atoms with Gasteiger partial charge in [-0.2, -0.15) is 0 Å². The molecule has 2 unspecified atom stereocenters. The van der Waals surface area contributed by atoms with Crippen molar-refractivity contribution in [3.8, 4) is 0 Å². The summed E-state index contributed by atoms with van der Waals surface area (Å²) >= 11 is 0. The highest BCUT2D eigenvalue weighted by atomic mass is 16.1. The van der Waals surface area contributed by atoms with Crippen LogP contribution in [-0.4, -0.2) is 15.9 Å². The summed E-state index contributed by atoms with van der Waals surface area (Å²) in [4.78, 5) is 19.7. The standard InChI is InChI=1S/C20H13N3O.C9H18/c24-20-17-12(9-21-20)15-10-5-1-3-7-13(10)22-18(15)19-16(17)11-6-2-4-8-14(11)23-19;1-3-5-9-7-4-6-8(9)2/h1-8,22-23H,9H2,(H,21,24);8-9H,3-7H2,1-2H3. The quantitative estimate of drug-likeness (QED) is 0.264. The third kappa shape index (κ3) is 3.15. The number of para-hydroxylation sites is 2. The molecule has 1 aliphatic heterocycles. The van der Waals surface area contributed by atoms with Crippen LogP contribution in [0.3, 0.4) is 0 Å². The van der Waals surface area contributed by atoms with E-state index in [0.717, 1.165) is 61.2 Å². The van der Waals surface area contributed by atoms with E-state index in [4.69, 9.17) is 0 Å². The first-order chi connectivity index (χ1) is 16.2. The van der Waals surface area contributed by atoms with Crippen molar-refractivity contribution in [3.05, 3.63) is 59.7 Å². The van der Waals surface area contributed by atoms with Gasteiger partial charge in [0.25, 0.3) is 5.91 Å². The number of benzene rings is 3. The fraction of sp³-hybridized carbons (Fsp3) is 0.345. The lowest BCUT2D eigenvalue weighted by atomic mass is 9.94. The molecule has 1 fully saturated rings. The van der Waals surface area contributed by atoms with Crippen LogP contribution in [-0.2, 0) is 6.54 Å². The molecule has 2 aromatic heterocycles. The minimum absolute atomic E-state index is 0.0203. The Morgan fingerprint density at radius 1 is 0.879 bits per heavy atom. The van der Waals surface area contributed by atoms with Crippen molar-refractivity contribution in [1.29, 1.82) is 0 Å². The number of carbonyl (C=O) groups is 1. The summed E-state index contributed by atoms with van der Waals surface area (Å²) in [6.45, 7) is 5.29. The summed E-state index contributed by atoms with van der Waals surface area (Å²) in [7, 11) is 0. The van der Waals surface area contributed by atoms with E-state index in [1.54, 1.807) is 0 Å². The monoisotopic (exact) mass is 437 g/mol. The highest BCUT2D eigenvalue weighted by molar-refractivity contribution is 6.30. The minimum atomic E-state index is 0.0203. The topological polar surface area (TPSA) is 60.7 Å². The Labute approximate surface area is 193 Å². The van der Waals surface area contributed by atoms with E-state index in [-0.39, 0.29) is 5.91 Å². The third-order valence-corrected chi connectivity index (χ3v) is 7.87. The summed E-state index contributed by atoms with van der Waals surface area (Å²) in [5.41, 5.74) is 6.17. The molecule has 3 aromatic carbocycles. The summed E-state index contributed by atoms with van der Waals surface area (Å²) in [6.07, 6.45) is 7.35. The van der Waals surface area contributed by atoms with E-state index in [0.29, 0.717) is 6.54 Å². The molecule has 33 heavy (non-hydrogen) atoms. The molecule has 0 spiro atoms. The van der Waals surface area contributed by atoms with Crippen LogP contribution in [0.15, 0.2) is 48.5 Å². The Hall–Kier alpha value is -3.27. The molecular weight excluding hydrogens is 406 g/mol. The van der Waals surface area contributed by atoms with Gasteiger partial charge in [-0.05, 0) is 29.5 Å². The van der Waals surface area contributed by atoms with E-state index in [1.807, 2.05) is 24.3 Å². The molecule has 5 aromatic rings. The summed E-state index contributed by atoms with van der Waals surface area (Å²) in [5.74, 6) is 2.13. The number of aromatic amines is 2. The Kier molecular flexibility index (Phi) is 4.90. The largest absolute Gasteiger partial charge is 0.353 e. The predicted octanol–water partition coefficient (Wildman–Crippen LogP) is 7.42. The number of rotatable bonds is 2. The molecule has 1 saturated carbocycles. The van der Waals surface area contributed by atoms with Gasteiger partial charge in [0.2, 0.25) is 0 Å². The number of nitrogens with one attached hydrogen (secondary N) is 3. The molecule has 3 heterocycles. The lowest BCUT2D eigenvalue weighted by Gasteiger charge is -2.12. The molecular formula is C29H31N3O. The van der Waals surface area contributed by atoms with Gasteiger partial charge in [-0.3, -0.25) is 4.79 Å². The van der Waals surface area contributed by atoms with Crippen molar-refractivity contribution < 1.29 is 4.79 Å². The van der Waals surface area contributed by atoms with Gasteiger partial charge in [0.15, 0.2) is 0 Å². The normalized spacial score (nSPS) is 19.9. The van der Waals surface area contributed by atoms with Gasteiger partial charge in [0.05, 0.1) is 16.6 Å². The van der Waals surface area contributed by atoms with Crippen LogP contribution in [0.4, 0.5) is 0 Å². The Morgan fingerprint density at radius 2 is 1.52 bits per heavy atom. The molecule has 4 nitrogen and oxygen atoms in total. The highest BCUT2D eigenvalue weighted by Crippen LogP contribution is 2.41. The van der Waals surface area contributed by atoms with Crippen LogP contribution in [0, 0.1) is 11.8 Å². The number of hydrogen-bond donors (Lipinski definition) is 3. The SMILES string of the molecule is CCCC1CCCC1C.O=C1NCc2c1c1c3ccccc3[nH]c1c1[nH]c3ccccc3c21. The number of fused-ring (bicyclic) bond motifs is 10. The molecule has 0 bridgehead atoms. The first kappa shape index (κ1) is 20.3. The first-order valence-electron chi connectivity index (χ1n) is 12.4. The zero-order chi connectivity index (χ0) is 22.5. The molecule has 2 aliphatic rings. The molecule has 168 valence electrons. The Balaban J connectivity index is 0.000000195. The molecule has 4 heteroatoms. The third-order valence-electron chi connectivity index (χ3n) is 7.87. The first-order valence-corrected chi connectivity index (χ1v) is 12.4. The predicted molar refractivity (Wildman–Crippen MR) is 138 cm³/mol. The molecule has 1 aliphatic carbocycles. The Morgan fingerprint density at radius 3 is 2.15 bits per heavy atom. The van der Waals surface area contributed by atoms with Crippen LogP contribution in [0.5, 0.6) is 0 Å². The second kappa shape index (κ2) is 7.95. The highest BCUT2D eigenvalue weighted by Gasteiger charge is 2.29. The van der Waals surface area contributed by atoms with Gasteiger partial charge in [-0.15, -0.1) is 0 Å². The second-order valence-electron chi connectivity index (χ2n) is 9.83. The van der Waals surface area contributed by atoms with E-state index in [1.165, 1.54) is 37.5 Å². The van der Waals surface area contributed by atoms with Crippen molar-refractivity contribution in [2.75, 3.05) is 0 Å². The van der Waals surface area contributed by atoms with Gasteiger partial charge >= 0.3 is 0 Å². The van der Waals surface area contributed by atoms with Gasteiger partial charge < -0.3 is 15.3 Å². The summed E-state index contributed by atoms with van der Waals surface area (Å²) in [5, 5.41) is 7.45. The van der Waals surface area contributed by atoms with E-state index >= 15 is 0 Å². The van der Waals surface area contributed by atoms with Crippen molar-refractivity contribution in [1.82, 2.24) is 15.3 Å². The number of H-pyrrole nitrogens is 2. The maximum atomic E-state index is 12.6. The molecule has 1 amide bonds. The van der Waals surface area contributed by atoms with Crippen LogP contribution in [0.2, 0.25) is 0 Å². The number of hydrogen-bond acceptors (Lipinski definition) is 1. The second-order valence-corrected chi connectivity index (χ2v) is 9.83.